The zero-order valence-corrected chi connectivity index (χ0v) is 26.7. The maximum atomic E-state index is 15.8. The molecule has 4 fully saturated rings. The molecule has 4 saturated heterocycles. The highest BCUT2D eigenvalue weighted by Gasteiger charge is 2.49. The number of benzene rings is 1. The first-order chi connectivity index (χ1) is 19.9. The number of nitrogens with zero attached hydrogens (tertiary/aromatic N) is 5. The number of aromatic nitrogens is 2. The number of alkyl halides is 1. The van der Waals surface area contributed by atoms with Crippen molar-refractivity contribution in [2.24, 2.45) is 5.92 Å². The van der Waals surface area contributed by atoms with Crippen molar-refractivity contribution in [1.82, 2.24) is 19.8 Å². The lowest BCUT2D eigenvalue weighted by atomic mass is 9.95. The second-order valence-electron chi connectivity index (χ2n) is 13.0. The first kappa shape index (κ1) is 29.9. The number of rotatable bonds is 5. The Labute approximate surface area is 257 Å². The molecule has 0 spiro atoms. The predicted molar refractivity (Wildman–Crippen MR) is 159 cm³/mol. The molecule has 5 heterocycles. The number of halogens is 4. The molecule has 2 unspecified atom stereocenters. The first-order valence-corrected chi connectivity index (χ1v) is 15.7. The second kappa shape index (κ2) is 11.1. The third-order valence-electron chi connectivity index (χ3n) is 8.99. The third kappa shape index (κ3) is 5.36. The zero-order chi connectivity index (χ0) is 30.0. The number of ether oxygens (including phenoxy) is 3. The number of amides is 1. The fraction of sp³-hybridized carbons (Fsp3) is 0.690. The second-order valence-corrected chi connectivity index (χ2v) is 14.2. The fourth-order valence-corrected chi connectivity index (χ4v) is 7.78. The summed E-state index contributed by atoms with van der Waals surface area (Å²) in [5.74, 6) is 0.321. The molecule has 0 aliphatic carbocycles. The topological polar surface area (TPSA) is 80.3 Å². The van der Waals surface area contributed by atoms with E-state index in [0.717, 1.165) is 32.2 Å². The van der Waals surface area contributed by atoms with Gasteiger partial charge < -0.3 is 24.0 Å². The molecule has 0 radical (unpaired) electrons. The Balaban J connectivity index is 1.38. The molecule has 0 N–H and O–H groups in total. The molecule has 1 aromatic carbocycles. The van der Waals surface area contributed by atoms with Crippen LogP contribution >= 0.6 is 27.5 Å². The number of hydrogen-bond donors (Lipinski definition) is 0. The Morgan fingerprint density at radius 2 is 2.00 bits per heavy atom. The molecule has 6 rings (SSSR count). The van der Waals surface area contributed by atoms with Gasteiger partial charge in [-0.1, -0.05) is 11.6 Å². The van der Waals surface area contributed by atoms with Gasteiger partial charge in [0.2, 0.25) is 0 Å². The minimum atomic E-state index is -0.901. The van der Waals surface area contributed by atoms with E-state index in [4.69, 9.17) is 30.8 Å². The lowest BCUT2D eigenvalue weighted by molar-refractivity contribution is 0.0221. The highest BCUT2D eigenvalue weighted by atomic mass is 79.9. The smallest absolute Gasteiger partial charge is 0.410 e. The molecule has 4 aliphatic heterocycles. The minimum absolute atomic E-state index is 0.00890. The van der Waals surface area contributed by atoms with E-state index in [0.29, 0.717) is 49.7 Å². The van der Waals surface area contributed by atoms with Crippen molar-refractivity contribution in [2.45, 2.75) is 76.2 Å². The molecule has 4 aliphatic rings. The van der Waals surface area contributed by atoms with Crippen molar-refractivity contribution in [2.75, 3.05) is 51.3 Å². The van der Waals surface area contributed by atoms with E-state index in [-0.39, 0.29) is 45.5 Å². The van der Waals surface area contributed by atoms with Crippen LogP contribution in [-0.4, -0.2) is 95.7 Å². The summed E-state index contributed by atoms with van der Waals surface area (Å²) in [5, 5.41) is 0.413. The first-order valence-electron chi connectivity index (χ1n) is 14.6. The average molecular weight is 673 g/mol. The summed E-state index contributed by atoms with van der Waals surface area (Å²) in [5.41, 5.74) is -1.01. The fourth-order valence-electron chi connectivity index (χ4n) is 7.16. The predicted octanol–water partition coefficient (Wildman–Crippen LogP) is 5.98. The van der Waals surface area contributed by atoms with E-state index in [1.165, 1.54) is 7.11 Å². The third-order valence-corrected chi connectivity index (χ3v) is 10.3. The summed E-state index contributed by atoms with van der Waals surface area (Å²) in [6.45, 7) is 8.73. The van der Waals surface area contributed by atoms with E-state index in [2.05, 4.69) is 25.8 Å². The van der Waals surface area contributed by atoms with Crippen molar-refractivity contribution in [3.63, 3.8) is 0 Å². The number of carbonyl (C=O) groups is 1. The summed E-state index contributed by atoms with van der Waals surface area (Å²) in [6.07, 6.45) is 2.60. The Morgan fingerprint density at radius 1 is 1.21 bits per heavy atom. The molecular formula is C29H37BrClF2N5O4. The number of fused-ring (bicyclic) bond motifs is 4. The van der Waals surface area contributed by atoms with Gasteiger partial charge in [-0.05, 0) is 74.8 Å². The van der Waals surface area contributed by atoms with Crippen LogP contribution in [0.25, 0.3) is 10.9 Å². The Kier molecular flexibility index (Phi) is 7.87. The molecule has 1 aromatic heterocycles. The molecule has 230 valence electrons. The van der Waals surface area contributed by atoms with Gasteiger partial charge >= 0.3 is 12.1 Å². The number of anilines is 1. The molecule has 2 bridgehead atoms. The number of hydrogen-bond acceptors (Lipinski definition) is 8. The summed E-state index contributed by atoms with van der Waals surface area (Å²) in [6, 6.07) is -0.107. The average Bonchev–Trinajstić information content (AvgIpc) is 3.53. The van der Waals surface area contributed by atoms with E-state index < -0.39 is 23.1 Å². The molecule has 13 heteroatoms. The van der Waals surface area contributed by atoms with Gasteiger partial charge in [0.05, 0.1) is 28.5 Å². The van der Waals surface area contributed by atoms with Crippen LogP contribution in [0.4, 0.5) is 19.4 Å². The van der Waals surface area contributed by atoms with Gasteiger partial charge in [0.25, 0.3) is 0 Å². The van der Waals surface area contributed by atoms with Crippen LogP contribution in [0.15, 0.2) is 4.47 Å². The Bertz CT molecular complexity index is 1400. The Hall–Kier alpha value is -2.18. The van der Waals surface area contributed by atoms with Crippen LogP contribution < -0.4 is 14.4 Å². The van der Waals surface area contributed by atoms with Crippen LogP contribution in [0, 0.1) is 11.7 Å². The van der Waals surface area contributed by atoms with Gasteiger partial charge in [0.15, 0.2) is 11.6 Å². The molecule has 4 atom stereocenters. The molecule has 0 saturated carbocycles. The largest absolute Gasteiger partial charge is 0.494 e. The van der Waals surface area contributed by atoms with Crippen molar-refractivity contribution < 1.29 is 27.8 Å². The number of methoxy groups -OCH3 is 1. The van der Waals surface area contributed by atoms with Crippen LogP contribution in [0.2, 0.25) is 5.02 Å². The lowest BCUT2D eigenvalue weighted by Gasteiger charge is -2.34. The minimum Gasteiger partial charge on any atom is -0.494 e. The normalized spacial score (nSPS) is 27.9. The van der Waals surface area contributed by atoms with Gasteiger partial charge in [-0.3, -0.25) is 4.90 Å². The monoisotopic (exact) mass is 671 g/mol. The molecule has 1 amide bonds. The molecular weight excluding hydrogens is 636 g/mol. The number of carbonyl (C=O) groups excluding carboxylic acids is 1. The van der Waals surface area contributed by atoms with Gasteiger partial charge in [-0.15, -0.1) is 0 Å². The van der Waals surface area contributed by atoms with Crippen molar-refractivity contribution in [3.05, 3.63) is 15.3 Å². The van der Waals surface area contributed by atoms with Gasteiger partial charge in [-0.2, -0.15) is 9.97 Å². The summed E-state index contributed by atoms with van der Waals surface area (Å²) < 4.78 is 47.8. The summed E-state index contributed by atoms with van der Waals surface area (Å²) >= 11 is 9.79. The van der Waals surface area contributed by atoms with Crippen molar-refractivity contribution in [1.29, 1.82) is 0 Å². The summed E-state index contributed by atoms with van der Waals surface area (Å²) in [4.78, 5) is 28.4. The summed E-state index contributed by atoms with van der Waals surface area (Å²) in [7, 11) is 1.47. The van der Waals surface area contributed by atoms with Gasteiger partial charge in [0, 0.05) is 32.6 Å². The Morgan fingerprint density at radius 3 is 2.74 bits per heavy atom. The number of likely N-dealkylation sites (tertiary alicyclic amines) is 1. The van der Waals surface area contributed by atoms with Crippen LogP contribution in [0.5, 0.6) is 11.8 Å². The van der Waals surface area contributed by atoms with E-state index in [1.807, 2.05) is 25.7 Å². The van der Waals surface area contributed by atoms with E-state index >= 15 is 4.39 Å². The van der Waals surface area contributed by atoms with Crippen molar-refractivity contribution in [3.8, 4) is 11.8 Å². The SMILES string of the molecule is COc1c(Cl)c(Br)c(F)c2nc(OC[C@@]34CCCN3C[C@H](F)C4)nc(N3CCC4CC(C3)N(C(=O)OC(C)(C)C)C4)c12. The lowest BCUT2D eigenvalue weighted by Crippen LogP contribution is -2.46. The molecule has 9 nitrogen and oxygen atoms in total. The van der Waals surface area contributed by atoms with Crippen molar-refractivity contribution >= 4 is 50.3 Å². The molecule has 42 heavy (non-hydrogen) atoms. The quantitative estimate of drug-likeness (QED) is 0.359. The van der Waals surface area contributed by atoms with Crippen LogP contribution in [-0.2, 0) is 4.74 Å². The van der Waals surface area contributed by atoms with E-state index in [9.17, 15) is 9.18 Å². The highest BCUT2D eigenvalue weighted by molar-refractivity contribution is 9.10. The highest BCUT2D eigenvalue weighted by Crippen LogP contribution is 2.46. The maximum Gasteiger partial charge on any atom is 0.410 e. The van der Waals surface area contributed by atoms with Crippen LogP contribution in [0.3, 0.4) is 0 Å². The maximum absolute atomic E-state index is 15.8. The zero-order valence-electron chi connectivity index (χ0n) is 24.4. The van der Waals surface area contributed by atoms with Crippen LogP contribution in [0.1, 0.15) is 52.9 Å². The van der Waals surface area contributed by atoms with Gasteiger partial charge in [0.1, 0.15) is 34.7 Å². The molecule has 2 aromatic rings. The van der Waals surface area contributed by atoms with E-state index in [1.54, 1.807) is 4.90 Å². The van der Waals surface area contributed by atoms with Gasteiger partial charge in [-0.25, -0.2) is 13.6 Å². The standard InChI is InChI=1S/C29H37BrClF2N5O4/c1-28(2,3)42-27(39)38-12-16-6-9-36(14-18(38)10-16)25-19-23(22(33)20(30)21(31)24(19)40-4)34-26(35-25)41-15-29-7-5-8-37(29)13-17(32)11-29/h16-18H,5-15H2,1-4H3/t16?,17-,18?,29+/m1/s1.